The number of pyridine rings is 1. The Balaban J connectivity index is 1.29. The molecule has 1 aliphatic heterocycles. The lowest BCUT2D eigenvalue weighted by molar-refractivity contribution is -0.184. The van der Waals surface area contributed by atoms with Crippen LogP contribution in [0.4, 0.5) is 27.6 Å². The summed E-state index contributed by atoms with van der Waals surface area (Å²) < 4.78 is 86.6. The van der Waals surface area contributed by atoms with Gasteiger partial charge in [0.05, 0.1) is 23.7 Å². The third kappa shape index (κ3) is 6.85. The minimum absolute atomic E-state index is 0.0558. The molecule has 1 saturated heterocycles. The van der Waals surface area contributed by atoms with Crippen LogP contribution in [0.3, 0.4) is 0 Å². The van der Waals surface area contributed by atoms with Gasteiger partial charge in [-0.15, -0.1) is 10.2 Å². The maximum atomic E-state index is 14.6. The van der Waals surface area contributed by atoms with Crippen molar-refractivity contribution in [3.63, 3.8) is 0 Å². The zero-order chi connectivity index (χ0) is 30.1. The highest BCUT2D eigenvalue weighted by Crippen LogP contribution is 2.40. The summed E-state index contributed by atoms with van der Waals surface area (Å²) >= 11 is 0. The molecule has 0 bridgehead atoms. The Hall–Kier alpha value is -2.87. The smallest absolute Gasteiger partial charge is 0.391 e. The van der Waals surface area contributed by atoms with Crippen LogP contribution in [0, 0.1) is 12.8 Å². The van der Waals surface area contributed by atoms with E-state index < -0.39 is 34.4 Å². The molecule has 0 radical (unpaired) electrons. The Bertz CT molecular complexity index is 1390. The van der Waals surface area contributed by atoms with Gasteiger partial charge in [0.25, 0.3) is 5.89 Å². The summed E-state index contributed by atoms with van der Waals surface area (Å²) in [6, 6.07) is 11.3. The SMILES string of the molecule is B[SH](=O)(C1CCN(C2CCC(C(F)(F)F)CC2)CC1)N(Cc1ccc(-c2nnc(C(F)F)o2)cn1)c1cccc(C)c1. The third-order valence-corrected chi connectivity index (χ3v) is 11.8. The molecule has 14 heteroatoms. The average molecular weight is 611 g/mol. The molecule has 2 fully saturated rings. The van der Waals surface area contributed by atoms with Gasteiger partial charge in [-0.2, -0.15) is 22.0 Å². The number of likely N-dealkylation sites (tertiary alicyclic amines) is 1. The number of anilines is 1. The predicted octanol–water partition coefficient (Wildman–Crippen LogP) is 5.45. The van der Waals surface area contributed by atoms with Gasteiger partial charge in [0.1, 0.15) is 0 Å². The van der Waals surface area contributed by atoms with E-state index in [1.807, 2.05) is 42.6 Å². The van der Waals surface area contributed by atoms with E-state index in [1.54, 1.807) is 12.1 Å². The normalized spacial score (nSPS) is 21.5. The second kappa shape index (κ2) is 12.4. The van der Waals surface area contributed by atoms with Crippen molar-refractivity contribution in [2.75, 3.05) is 17.4 Å². The number of hydrogen-bond acceptors (Lipinski definition) is 6. The first-order valence-electron chi connectivity index (χ1n) is 14.2. The van der Waals surface area contributed by atoms with E-state index in [2.05, 4.69) is 20.1 Å². The molecule has 2 aliphatic rings. The fourth-order valence-electron chi connectivity index (χ4n) is 6.18. The fourth-order valence-corrected chi connectivity index (χ4v) is 8.77. The molecule has 2 aromatic heterocycles. The number of piperidine rings is 1. The number of nitrogens with zero attached hydrogens (tertiary/aromatic N) is 5. The van der Waals surface area contributed by atoms with Crippen LogP contribution in [0.15, 0.2) is 47.0 Å². The van der Waals surface area contributed by atoms with Crippen molar-refractivity contribution in [3.05, 3.63) is 59.7 Å². The highest BCUT2D eigenvalue weighted by Gasteiger charge is 2.43. The molecule has 228 valence electrons. The summed E-state index contributed by atoms with van der Waals surface area (Å²) in [5.41, 5.74) is 2.88. The summed E-state index contributed by atoms with van der Waals surface area (Å²) in [6.45, 7) is 3.66. The number of halogens is 5. The van der Waals surface area contributed by atoms with Gasteiger partial charge in [0.15, 0.2) is 0 Å². The van der Waals surface area contributed by atoms with Crippen molar-refractivity contribution in [1.82, 2.24) is 20.1 Å². The van der Waals surface area contributed by atoms with E-state index in [4.69, 9.17) is 4.42 Å². The van der Waals surface area contributed by atoms with E-state index in [0.717, 1.165) is 11.3 Å². The van der Waals surface area contributed by atoms with Gasteiger partial charge in [-0.1, -0.05) is 22.1 Å². The number of rotatable bonds is 8. The highest BCUT2D eigenvalue weighted by molar-refractivity contribution is 8.23. The number of aryl methyl sites for hydroxylation is 1. The van der Waals surface area contributed by atoms with Gasteiger partial charge in [0.2, 0.25) is 13.0 Å². The lowest BCUT2D eigenvalue weighted by atomic mass is 9.84. The average Bonchev–Trinajstić information content (AvgIpc) is 3.47. The van der Waals surface area contributed by atoms with Crippen LogP contribution >= 0.6 is 0 Å². The first-order valence-corrected chi connectivity index (χ1v) is 16.4. The molecule has 1 saturated carbocycles. The number of benzene rings is 1. The van der Waals surface area contributed by atoms with Gasteiger partial charge in [0, 0.05) is 23.2 Å². The summed E-state index contributed by atoms with van der Waals surface area (Å²) in [5.74, 6) is -2.01. The Labute approximate surface area is 243 Å². The van der Waals surface area contributed by atoms with Crippen LogP contribution in [-0.2, 0) is 16.5 Å². The Morgan fingerprint density at radius 3 is 2.36 bits per heavy atom. The van der Waals surface area contributed by atoms with Crippen molar-refractivity contribution in [1.29, 1.82) is 0 Å². The molecular weight excluding hydrogens is 576 g/mol. The van der Waals surface area contributed by atoms with E-state index in [9.17, 15) is 26.2 Å². The largest absolute Gasteiger partial charge is 0.415 e. The molecule has 3 aromatic rings. The fraction of sp³-hybridized carbons (Fsp3) is 0.536. The van der Waals surface area contributed by atoms with E-state index in [1.165, 1.54) is 6.20 Å². The third-order valence-electron chi connectivity index (χ3n) is 8.64. The van der Waals surface area contributed by atoms with Gasteiger partial charge < -0.3 is 13.6 Å². The highest BCUT2D eigenvalue weighted by atomic mass is 32.2. The Morgan fingerprint density at radius 2 is 1.79 bits per heavy atom. The summed E-state index contributed by atoms with van der Waals surface area (Å²) in [7, 11) is -1.16. The molecule has 5 rings (SSSR count). The van der Waals surface area contributed by atoms with Crippen LogP contribution < -0.4 is 4.31 Å². The van der Waals surface area contributed by atoms with Crippen molar-refractivity contribution >= 4 is 22.8 Å². The van der Waals surface area contributed by atoms with Crippen molar-refractivity contribution < 1.29 is 30.6 Å². The maximum absolute atomic E-state index is 14.6. The Morgan fingerprint density at radius 1 is 1.07 bits per heavy atom. The molecule has 0 N–H and O–H groups in total. The topological polar surface area (TPSA) is 75.4 Å². The van der Waals surface area contributed by atoms with E-state index >= 15 is 0 Å². The summed E-state index contributed by atoms with van der Waals surface area (Å²) in [5, 5.41) is 6.94. The molecule has 1 aliphatic carbocycles. The second-order valence-corrected chi connectivity index (χ2v) is 14.5. The van der Waals surface area contributed by atoms with Gasteiger partial charge >= 0.3 is 12.6 Å². The zero-order valence-electron chi connectivity index (χ0n) is 23.6. The van der Waals surface area contributed by atoms with Crippen molar-refractivity contribution in [2.24, 2.45) is 5.92 Å². The summed E-state index contributed by atoms with van der Waals surface area (Å²) in [4.78, 5) is 6.77. The molecule has 0 spiro atoms. The van der Waals surface area contributed by atoms with Gasteiger partial charge in [-0.25, -0.2) is 0 Å². The number of alkyl halides is 5. The minimum atomic E-state index is -4.12. The van der Waals surface area contributed by atoms with Crippen LogP contribution in [0.1, 0.15) is 62.1 Å². The van der Waals surface area contributed by atoms with Crippen LogP contribution in [0.25, 0.3) is 11.5 Å². The molecule has 1 aromatic carbocycles. The molecule has 0 unspecified atom stereocenters. The van der Waals surface area contributed by atoms with Crippen LogP contribution in [-0.4, -0.2) is 62.0 Å². The van der Waals surface area contributed by atoms with Crippen LogP contribution in [0.2, 0.25) is 0 Å². The second-order valence-electron chi connectivity index (χ2n) is 11.4. The summed E-state index contributed by atoms with van der Waals surface area (Å²) in [6.07, 6.45) is -2.68. The standard InChI is InChI=1S/C28H35BF5N5O2S/c1-18-3-2-4-23(15-18)39(17-21-8-5-19(16-35-21)26-36-37-27(41-26)25(30)31)42(29,40)24-11-13-38(14-12-24)22-9-6-20(7-10-22)28(32,33)34/h2-5,8,15-16,20,22,24-25,42H,6-7,9-14,17,29H2,1H3. The zero-order valence-corrected chi connectivity index (χ0v) is 24.5. The van der Waals surface area contributed by atoms with Gasteiger partial charge in [-0.05, 0) is 88.4 Å². The number of thiol groups is 1. The number of hydrogen-bond donors (Lipinski definition) is 1. The first-order chi connectivity index (χ1) is 19.9. The van der Waals surface area contributed by atoms with Crippen molar-refractivity contribution in [3.8, 4) is 11.5 Å². The lowest BCUT2D eigenvalue weighted by Gasteiger charge is -2.46. The van der Waals surface area contributed by atoms with Crippen molar-refractivity contribution in [2.45, 2.75) is 75.9 Å². The molecule has 0 atom stereocenters. The first kappa shape index (κ1) is 30.6. The predicted molar refractivity (Wildman–Crippen MR) is 154 cm³/mol. The molecule has 42 heavy (non-hydrogen) atoms. The van der Waals surface area contributed by atoms with E-state index in [-0.39, 0.29) is 36.6 Å². The molecule has 7 nitrogen and oxygen atoms in total. The van der Waals surface area contributed by atoms with Crippen LogP contribution in [0.5, 0.6) is 0 Å². The quantitative estimate of drug-likeness (QED) is 0.208. The van der Waals surface area contributed by atoms with E-state index in [0.29, 0.717) is 50.0 Å². The number of aromatic nitrogens is 3. The minimum Gasteiger partial charge on any atom is -0.415 e. The Kier molecular flexibility index (Phi) is 9.03. The monoisotopic (exact) mass is 611 g/mol. The lowest BCUT2D eigenvalue weighted by Crippen LogP contribution is -2.52. The van der Waals surface area contributed by atoms with Gasteiger partial charge in [-0.3, -0.25) is 9.19 Å². The maximum Gasteiger partial charge on any atom is 0.391 e. The molecule has 0 amide bonds. The molecule has 3 heterocycles. The molecular formula is C28H35BF5N5O2S.